The van der Waals surface area contributed by atoms with E-state index in [1.165, 1.54) is 0 Å². The van der Waals surface area contributed by atoms with Crippen LogP contribution in [0.5, 0.6) is 0 Å². The van der Waals surface area contributed by atoms with Gasteiger partial charge in [0.2, 0.25) is 11.8 Å². The molecule has 1 spiro atoms. The smallest absolute Gasteiger partial charge is 0.237 e. The Kier molecular flexibility index (Phi) is 4.97. The Morgan fingerprint density at radius 2 is 2.16 bits per heavy atom. The van der Waals surface area contributed by atoms with Crippen molar-refractivity contribution in [3.05, 3.63) is 0 Å². The van der Waals surface area contributed by atoms with Crippen molar-refractivity contribution in [2.75, 3.05) is 45.0 Å². The number of halogens is 1. The number of ether oxygens (including phenoxy) is 1. The van der Waals surface area contributed by atoms with Crippen molar-refractivity contribution in [2.24, 2.45) is 0 Å². The molecule has 108 valence electrons. The number of methoxy groups -OCH3 is 1. The molecule has 0 bridgehead atoms. The van der Waals surface area contributed by atoms with E-state index in [2.05, 4.69) is 0 Å². The molecule has 0 saturated carbocycles. The molecule has 2 amide bonds. The van der Waals surface area contributed by atoms with E-state index in [9.17, 15) is 9.59 Å². The summed E-state index contributed by atoms with van der Waals surface area (Å²) in [6.45, 7) is 2.54. The molecule has 2 aliphatic rings. The van der Waals surface area contributed by atoms with Gasteiger partial charge in [0.15, 0.2) is 0 Å². The molecule has 0 unspecified atom stereocenters. The molecule has 0 aromatic heterocycles. The average molecular weight is 307 g/mol. The maximum Gasteiger partial charge on any atom is 0.237 e. The van der Waals surface area contributed by atoms with Crippen molar-refractivity contribution < 1.29 is 14.3 Å². The molecule has 5 nitrogen and oxygen atoms in total. The van der Waals surface area contributed by atoms with Gasteiger partial charge >= 0.3 is 0 Å². The summed E-state index contributed by atoms with van der Waals surface area (Å²) in [5.74, 6) is 0.730. The zero-order valence-corrected chi connectivity index (χ0v) is 12.6. The van der Waals surface area contributed by atoms with Crippen LogP contribution in [0.25, 0.3) is 0 Å². The van der Waals surface area contributed by atoms with Crippen LogP contribution in [0.15, 0.2) is 0 Å². The molecule has 2 aliphatic heterocycles. The zero-order valence-electron chi connectivity index (χ0n) is 11.1. The fraction of sp³-hybridized carbons (Fsp3) is 0.833. The molecule has 19 heavy (non-hydrogen) atoms. The van der Waals surface area contributed by atoms with Crippen molar-refractivity contribution in [3.8, 4) is 0 Å². The SMILES string of the molecule is COCCN1C(=O)CSC12CCN(C(=O)CCl)CC2. The number of amides is 2. The van der Waals surface area contributed by atoms with Gasteiger partial charge in [-0.2, -0.15) is 0 Å². The van der Waals surface area contributed by atoms with Gasteiger partial charge < -0.3 is 14.5 Å². The first-order valence-electron chi connectivity index (χ1n) is 6.40. The summed E-state index contributed by atoms with van der Waals surface area (Å²) in [6, 6.07) is 0. The van der Waals surface area contributed by atoms with E-state index >= 15 is 0 Å². The summed E-state index contributed by atoms with van der Waals surface area (Å²) in [7, 11) is 1.64. The van der Waals surface area contributed by atoms with Gasteiger partial charge in [-0.1, -0.05) is 0 Å². The third kappa shape index (κ3) is 3.01. The molecule has 2 fully saturated rings. The minimum atomic E-state index is -0.140. The molecule has 2 saturated heterocycles. The van der Waals surface area contributed by atoms with E-state index in [1.54, 1.807) is 23.8 Å². The van der Waals surface area contributed by atoms with Crippen LogP contribution in [0.1, 0.15) is 12.8 Å². The van der Waals surface area contributed by atoms with Gasteiger partial charge in [-0.25, -0.2) is 0 Å². The Labute approximate surface area is 122 Å². The number of thioether (sulfide) groups is 1. The van der Waals surface area contributed by atoms with E-state index in [0.717, 1.165) is 12.8 Å². The van der Waals surface area contributed by atoms with Gasteiger partial charge in [-0.3, -0.25) is 9.59 Å². The summed E-state index contributed by atoms with van der Waals surface area (Å²) < 4.78 is 5.08. The number of hydrogen-bond acceptors (Lipinski definition) is 4. The molecule has 0 aliphatic carbocycles. The Hall–Kier alpha value is -0.460. The van der Waals surface area contributed by atoms with E-state index in [1.807, 2.05) is 4.90 Å². The molecule has 0 N–H and O–H groups in total. The highest BCUT2D eigenvalue weighted by Crippen LogP contribution is 2.44. The Morgan fingerprint density at radius 3 is 2.74 bits per heavy atom. The number of carbonyl (C=O) groups is 2. The predicted molar refractivity (Wildman–Crippen MR) is 75.3 cm³/mol. The van der Waals surface area contributed by atoms with E-state index in [-0.39, 0.29) is 22.6 Å². The number of nitrogens with zero attached hydrogens (tertiary/aromatic N) is 2. The minimum Gasteiger partial charge on any atom is -0.383 e. The van der Waals surface area contributed by atoms with Crippen molar-refractivity contribution in [1.82, 2.24) is 9.80 Å². The minimum absolute atomic E-state index is 0.0192. The van der Waals surface area contributed by atoms with Crippen LogP contribution in [0.3, 0.4) is 0 Å². The molecular weight excluding hydrogens is 288 g/mol. The van der Waals surface area contributed by atoms with Crippen LogP contribution in [0, 0.1) is 0 Å². The van der Waals surface area contributed by atoms with E-state index in [4.69, 9.17) is 16.3 Å². The lowest BCUT2D eigenvalue weighted by atomic mass is 10.0. The van der Waals surface area contributed by atoms with Gasteiger partial charge in [-0.15, -0.1) is 23.4 Å². The number of alkyl halides is 1. The average Bonchev–Trinajstić information content (AvgIpc) is 2.73. The Balaban J connectivity index is 2.00. The topological polar surface area (TPSA) is 49.9 Å². The van der Waals surface area contributed by atoms with E-state index in [0.29, 0.717) is 32.0 Å². The second kappa shape index (κ2) is 6.33. The van der Waals surface area contributed by atoms with Gasteiger partial charge in [-0.05, 0) is 12.8 Å². The quantitative estimate of drug-likeness (QED) is 0.720. The number of rotatable bonds is 4. The lowest BCUT2D eigenvalue weighted by Gasteiger charge is -2.43. The van der Waals surface area contributed by atoms with Crippen LogP contribution < -0.4 is 0 Å². The Bertz CT molecular complexity index is 359. The summed E-state index contributed by atoms with van der Waals surface area (Å²) in [6.07, 6.45) is 1.63. The fourth-order valence-electron chi connectivity index (χ4n) is 2.69. The van der Waals surface area contributed by atoms with Crippen LogP contribution >= 0.6 is 23.4 Å². The second-order valence-corrected chi connectivity index (χ2v) is 6.39. The van der Waals surface area contributed by atoms with Crippen LogP contribution in [-0.4, -0.2) is 71.5 Å². The van der Waals surface area contributed by atoms with Crippen molar-refractivity contribution in [2.45, 2.75) is 17.7 Å². The first kappa shape index (κ1) is 14.9. The molecule has 0 radical (unpaired) electrons. The third-order valence-corrected chi connectivity index (χ3v) is 5.57. The van der Waals surface area contributed by atoms with Gasteiger partial charge in [0.05, 0.1) is 17.2 Å². The van der Waals surface area contributed by atoms with Gasteiger partial charge in [0.1, 0.15) is 5.88 Å². The number of likely N-dealkylation sites (tertiary alicyclic amines) is 1. The predicted octanol–water partition coefficient (Wildman–Crippen LogP) is 0.766. The molecular formula is C12H19ClN2O3S. The summed E-state index contributed by atoms with van der Waals surface area (Å²) >= 11 is 7.28. The number of piperidine rings is 1. The van der Waals surface area contributed by atoms with E-state index < -0.39 is 0 Å². The highest BCUT2D eigenvalue weighted by atomic mass is 35.5. The maximum absolute atomic E-state index is 12.0. The highest BCUT2D eigenvalue weighted by molar-refractivity contribution is 8.01. The first-order chi connectivity index (χ1) is 9.13. The van der Waals surface area contributed by atoms with Crippen LogP contribution in [-0.2, 0) is 14.3 Å². The largest absolute Gasteiger partial charge is 0.383 e. The summed E-state index contributed by atoms with van der Waals surface area (Å²) in [5, 5.41) is 0. The second-order valence-electron chi connectivity index (χ2n) is 4.79. The molecule has 0 aromatic rings. The Morgan fingerprint density at radius 1 is 1.47 bits per heavy atom. The molecule has 0 atom stereocenters. The summed E-state index contributed by atoms with van der Waals surface area (Å²) in [5.41, 5.74) is 0. The fourth-order valence-corrected chi connectivity index (χ4v) is 4.23. The van der Waals surface area contributed by atoms with Crippen LogP contribution in [0.2, 0.25) is 0 Å². The van der Waals surface area contributed by atoms with Gasteiger partial charge in [0.25, 0.3) is 0 Å². The zero-order chi connectivity index (χ0) is 13.9. The van der Waals surface area contributed by atoms with Crippen molar-refractivity contribution in [3.63, 3.8) is 0 Å². The van der Waals surface area contributed by atoms with Crippen molar-refractivity contribution in [1.29, 1.82) is 0 Å². The van der Waals surface area contributed by atoms with Gasteiger partial charge in [0, 0.05) is 26.7 Å². The number of hydrogen-bond donors (Lipinski definition) is 0. The highest BCUT2D eigenvalue weighted by Gasteiger charge is 2.47. The first-order valence-corrected chi connectivity index (χ1v) is 7.92. The molecule has 2 heterocycles. The maximum atomic E-state index is 12.0. The van der Waals surface area contributed by atoms with Crippen LogP contribution in [0.4, 0.5) is 0 Å². The molecule has 7 heteroatoms. The molecule has 0 aromatic carbocycles. The molecule has 2 rings (SSSR count). The third-order valence-electron chi connectivity index (χ3n) is 3.79. The van der Waals surface area contributed by atoms with Crippen molar-refractivity contribution >= 4 is 35.2 Å². The standard InChI is InChI=1S/C12H19ClN2O3S/c1-18-7-6-15-11(17)9-19-12(15)2-4-14(5-3-12)10(16)8-13/h2-9H2,1H3. The normalized spacial score (nSPS) is 22.3. The lowest BCUT2D eigenvalue weighted by molar-refractivity contribution is -0.134. The monoisotopic (exact) mass is 306 g/mol. The number of carbonyl (C=O) groups excluding carboxylic acids is 2. The lowest BCUT2D eigenvalue weighted by Crippen LogP contribution is -2.53. The summed E-state index contributed by atoms with van der Waals surface area (Å²) in [4.78, 5) is 27.1.